The molecule has 1 fully saturated rings. The van der Waals surface area contributed by atoms with E-state index in [-0.39, 0.29) is 37.6 Å². The lowest BCUT2D eigenvalue weighted by Gasteiger charge is -2.25. The number of aromatic nitrogens is 1. The molecule has 0 aliphatic carbocycles. The Balaban J connectivity index is 2.03. The van der Waals surface area contributed by atoms with E-state index in [1.807, 2.05) is 0 Å². The maximum Gasteiger partial charge on any atom is 0.303 e. The molecule has 0 atom stereocenters. The van der Waals surface area contributed by atoms with Gasteiger partial charge in [-0.05, 0) is 30.5 Å². The van der Waals surface area contributed by atoms with Crippen LogP contribution >= 0.6 is 0 Å². The van der Waals surface area contributed by atoms with Crippen molar-refractivity contribution in [3.63, 3.8) is 0 Å². The Labute approximate surface area is 160 Å². The van der Waals surface area contributed by atoms with E-state index in [1.54, 1.807) is 24.5 Å². The summed E-state index contributed by atoms with van der Waals surface area (Å²) in [4.78, 5) is 28.6. The van der Waals surface area contributed by atoms with Crippen molar-refractivity contribution in [3.05, 3.63) is 30.1 Å². The van der Waals surface area contributed by atoms with Gasteiger partial charge in [0.15, 0.2) is 0 Å². The lowest BCUT2D eigenvalue weighted by molar-refractivity contribution is -0.141. The van der Waals surface area contributed by atoms with E-state index in [1.165, 1.54) is 9.21 Å². The lowest BCUT2D eigenvalue weighted by Crippen LogP contribution is -2.40. The Kier molecular flexibility index (Phi) is 8.18. The highest BCUT2D eigenvalue weighted by Crippen LogP contribution is 2.15. The summed E-state index contributed by atoms with van der Waals surface area (Å²) in [5.41, 5.74) is 0.820. The van der Waals surface area contributed by atoms with Crippen LogP contribution < -0.4 is 0 Å². The Hall–Kier alpha value is -2.00. The van der Waals surface area contributed by atoms with Gasteiger partial charge in [-0.2, -0.15) is 0 Å². The van der Waals surface area contributed by atoms with Crippen LogP contribution in [0, 0.1) is 0 Å². The topological polar surface area (TPSA) is 108 Å². The van der Waals surface area contributed by atoms with Crippen LogP contribution in [-0.4, -0.2) is 65.0 Å². The first-order valence-electron chi connectivity index (χ1n) is 9.25. The number of aliphatic carboxylic acids is 1. The zero-order valence-electron chi connectivity index (χ0n) is 15.4. The Bertz CT molecular complexity index is 716. The first-order chi connectivity index (χ1) is 12.9. The van der Waals surface area contributed by atoms with E-state index in [0.29, 0.717) is 13.1 Å². The predicted octanol–water partition coefficient (Wildman–Crippen LogP) is 1.48. The number of carbonyl (C=O) groups is 2. The number of hydrogen-bond donors (Lipinski definition) is 1. The van der Waals surface area contributed by atoms with E-state index in [4.69, 9.17) is 5.11 Å². The average molecular weight is 397 g/mol. The summed E-state index contributed by atoms with van der Waals surface area (Å²) in [5.74, 6) is -1.57. The molecule has 2 rings (SSSR count). The van der Waals surface area contributed by atoms with Gasteiger partial charge >= 0.3 is 5.97 Å². The molecule has 0 radical (unpaired) electrons. The molecule has 0 unspecified atom stereocenters. The molecule has 1 aliphatic rings. The number of amides is 1. The monoisotopic (exact) mass is 397 g/mol. The number of pyridine rings is 1. The zero-order valence-corrected chi connectivity index (χ0v) is 16.2. The molecule has 150 valence electrons. The largest absolute Gasteiger partial charge is 0.481 e. The molecule has 0 aromatic carbocycles. The molecule has 1 aromatic heterocycles. The second-order valence-electron chi connectivity index (χ2n) is 6.69. The van der Waals surface area contributed by atoms with Crippen LogP contribution in [0.3, 0.4) is 0 Å². The van der Waals surface area contributed by atoms with E-state index >= 15 is 0 Å². The fourth-order valence-electron chi connectivity index (χ4n) is 3.05. The number of carboxylic acid groups (broad SMARTS) is 1. The van der Waals surface area contributed by atoms with Crippen molar-refractivity contribution >= 4 is 21.9 Å². The number of nitrogens with zero attached hydrogens (tertiary/aromatic N) is 3. The van der Waals surface area contributed by atoms with E-state index in [9.17, 15) is 18.0 Å². The molecule has 2 heterocycles. The summed E-state index contributed by atoms with van der Waals surface area (Å²) >= 11 is 0. The third kappa shape index (κ3) is 7.26. The average Bonchev–Trinajstić information content (AvgIpc) is 2.94. The fourth-order valence-corrected chi connectivity index (χ4v) is 4.57. The third-order valence-electron chi connectivity index (χ3n) is 4.61. The van der Waals surface area contributed by atoms with Crippen LogP contribution in [0.5, 0.6) is 0 Å². The first-order valence-corrected chi connectivity index (χ1v) is 10.9. The summed E-state index contributed by atoms with van der Waals surface area (Å²) in [5, 5.41) is 8.81. The number of rotatable bonds is 9. The van der Waals surface area contributed by atoms with Gasteiger partial charge in [-0.3, -0.25) is 14.6 Å². The van der Waals surface area contributed by atoms with Crippen molar-refractivity contribution in [2.75, 3.05) is 25.4 Å². The fraction of sp³-hybridized carbons (Fsp3) is 0.611. The Morgan fingerprint density at radius 1 is 1.07 bits per heavy atom. The number of carboxylic acids is 1. The molecular formula is C18H27N3O5S. The van der Waals surface area contributed by atoms with Crippen LogP contribution in [0.1, 0.15) is 44.1 Å². The van der Waals surface area contributed by atoms with Gasteiger partial charge < -0.3 is 10.0 Å². The summed E-state index contributed by atoms with van der Waals surface area (Å²) < 4.78 is 26.9. The highest BCUT2D eigenvalue weighted by atomic mass is 32.2. The predicted molar refractivity (Wildman–Crippen MR) is 100 cm³/mol. The van der Waals surface area contributed by atoms with Gasteiger partial charge in [-0.1, -0.05) is 12.8 Å². The SMILES string of the molecule is O=C(O)CCC(=O)N(CCS(=O)(=O)N1CCCCCC1)Cc1ccncc1. The number of sulfonamides is 1. The summed E-state index contributed by atoms with van der Waals surface area (Å²) in [6, 6.07) is 3.50. The van der Waals surface area contributed by atoms with Gasteiger partial charge in [0.05, 0.1) is 12.2 Å². The van der Waals surface area contributed by atoms with Gasteiger partial charge in [-0.25, -0.2) is 12.7 Å². The van der Waals surface area contributed by atoms with E-state index < -0.39 is 16.0 Å². The van der Waals surface area contributed by atoms with Crippen molar-refractivity contribution in [2.24, 2.45) is 0 Å². The Morgan fingerprint density at radius 2 is 1.70 bits per heavy atom. The molecule has 1 saturated heterocycles. The highest BCUT2D eigenvalue weighted by Gasteiger charge is 2.25. The number of carbonyl (C=O) groups excluding carboxylic acids is 1. The van der Waals surface area contributed by atoms with Crippen molar-refractivity contribution in [1.29, 1.82) is 0 Å². The second kappa shape index (κ2) is 10.4. The second-order valence-corrected chi connectivity index (χ2v) is 8.78. The first kappa shape index (κ1) is 21.3. The normalized spacial score (nSPS) is 15.9. The van der Waals surface area contributed by atoms with Crippen LogP contribution in [0.15, 0.2) is 24.5 Å². The van der Waals surface area contributed by atoms with Crippen molar-refractivity contribution in [2.45, 2.75) is 45.1 Å². The molecule has 1 aliphatic heterocycles. The van der Waals surface area contributed by atoms with Crippen molar-refractivity contribution in [1.82, 2.24) is 14.2 Å². The van der Waals surface area contributed by atoms with Gasteiger partial charge in [0.25, 0.3) is 0 Å². The minimum absolute atomic E-state index is 0.0413. The van der Waals surface area contributed by atoms with Crippen LogP contribution in [-0.2, 0) is 26.2 Å². The highest BCUT2D eigenvalue weighted by molar-refractivity contribution is 7.89. The molecule has 0 saturated carbocycles. The van der Waals surface area contributed by atoms with Gasteiger partial charge in [0.2, 0.25) is 15.9 Å². The Morgan fingerprint density at radius 3 is 2.30 bits per heavy atom. The molecule has 27 heavy (non-hydrogen) atoms. The maximum absolute atomic E-state index is 12.7. The standard InChI is InChI=1S/C18H27N3O5S/c22-17(5-6-18(23)24)20(15-16-7-9-19-10-8-16)13-14-27(25,26)21-11-3-1-2-4-12-21/h7-10H,1-6,11-15H2,(H,23,24). The maximum atomic E-state index is 12.7. The third-order valence-corrected chi connectivity index (χ3v) is 6.46. The molecule has 8 nitrogen and oxygen atoms in total. The minimum atomic E-state index is -3.45. The molecule has 9 heteroatoms. The quantitative estimate of drug-likeness (QED) is 0.676. The minimum Gasteiger partial charge on any atom is -0.481 e. The van der Waals surface area contributed by atoms with E-state index in [2.05, 4.69) is 4.98 Å². The van der Waals surface area contributed by atoms with E-state index in [0.717, 1.165) is 31.2 Å². The molecule has 1 aromatic rings. The van der Waals surface area contributed by atoms with Gasteiger partial charge in [0.1, 0.15) is 0 Å². The molecular weight excluding hydrogens is 370 g/mol. The smallest absolute Gasteiger partial charge is 0.303 e. The molecule has 0 bridgehead atoms. The summed E-state index contributed by atoms with van der Waals surface area (Å²) in [6.45, 7) is 1.33. The lowest BCUT2D eigenvalue weighted by atomic mass is 10.2. The van der Waals surface area contributed by atoms with Crippen molar-refractivity contribution in [3.8, 4) is 0 Å². The molecule has 1 amide bonds. The molecule has 0 spiro atoms. The van der Waals surface area contributed by atoms with Gasteiger partial charge in [-0.15, -0.1) is 0 Å². The van der Waals surface area contributed by atoms with Gasteiger partial charge in [0, 0.05) is 45.0 Å². The number of hydrogen-bond acceptors (Lipinski definition) is 5. The van der Waals surface area contributed by atoms with Crippen LogP contribution in [0.25, 0.3) is 0 Å². The van der Waals surface area contributed by atoms with Crippen LogP contribution in [0.4, 0.5) is 0 Å². The zero-order chi connectivity index (χ0) is 19.7. The molecule has 1 N–H and O–H groups in total. The summed E-state index contributed by atoms with van der Waals surface area (Å²) in [6.07, 6.45) is 6.57. The summed E-state index contributed by atoms with van der Waals surface area (Å²) in [7, 11) is -3.45. The van der Waals surface area contributed by atoms with Crippen LogP contribution in [0.2, 0.25) is 0 Å². The van der Waals surface area contributed by atoms with Crippen molar-refractivity contribution < 1.29 is 23.1 Å².